The van der Waals surface area contributed by atoms with Crippen LogP contribution >= 0.6 is 27.5 Å². The molecule has 1 saturated heterocycles. The summed E-state index contributed by atoms with van der Waals surface area (Å²) in [5.41, 5.74) is 1.17. The third-order valence-electron chi connectivity index (χ3n) is 3.13. The van der Waals surface area contributed by atoms with E-state index in [9.17, 15) is 4.79 Å². The Hall–Kier alpha value is -0.740. The van der Waals surface area contributed by atoms with Crippen LogP contribution in [0.25, 0.3) is 0 Å². The monoisotopic (exact) mass is 330 g/mol. The molecule has 1 fully saturated rings. The first-order chi connectivity index (χ1) is 8.70. The van der Waals surface area contributed by atoms with Crippen LogP contribution in [-0.2, 0) is 4.79 Å². The van der Waals surface area contributed by atoms with Crippen molar-refractivity contribution in [2.75, 3.05) is 36.4 Å². The van der Waals surface area contributed by atoms with Crippen LogP contribution in [0.3, 0.4) is 0 Å². The number of rotatable bonds is 3. The zero-order valence-electron chi connectivity index (χ0n) is 10.1. The number of nitrogens with zero attached hydrogens (tertiary/aromatic N) is 2. The number of halogens is 2. The van der Waals surface area contributed by atoms with E-state index in [1.165, 1.54) is 5.69 Å². The van der Waals surface area contributed by atoms with Gasteiger partial charge in [-0.25, -0.2) is 0 Å². The molecule has 1 aliphatic rings. The van der Waals surface area contributed by atoms with Crippen molar-refractivity contribution in [1.82, 2.24) is 4.90 Å². The van der Waals surface area contributed by atoms with Gasteiger partial charge in [0.15, 0.2) is 0 Å². The maximum absolute atomic E-state index is 11.7. The molecule has 18 heavy (non-hydrogen) atoms. The fraction of sp³-hybridized carbons (Fsp3) is 0.462. The topological polar surface area (TPSA) is 23.6 Å². The molecule has 0 aliphatic carbocycles. The summed E-state index contributed by atoms with van der Waals surface area (Å²) < 4.78 is 0. The lowest BCUT2D eigenvalue weighted by Crippen LogP contribution is -2.48. The van der Waals surface area contributed by atoms with Crippen LogP contribution in [-0.4, -0.2) is 42.3 Å². The van der Waals surface area contributed by atoms with Gasteiger partial charge in [-0.2, -0.15) is 0 Å². The molecule has 2 rings (SSSR count). The smallest absolute Gasteiger partial charge is 0.223 e. The maximum Gasteiger partial charge on any atom is 0.223 e. The Morgan fingerprint density at radius 1 is 1.17 bits per heavy atom. The highest BCUT2D eigenvalue weighted by molar-refractivity contribution is 9.09. The molecule has 0 atom stereocenters. The molecule has 1 aliphatic heterocycles. The van der Waals surface area contributed by atoms with E-state index < -0.39 is 0 Å². The highest BCUT2D eigenvalue weighted by Crippen LogP contribution is 2.19. The van der Waals surface area contributed by atoms with Crippen LogP contribution < -0.4 is 4.90 Å². The van der Waals surface area contributed by atoms with Gasteiger partial charge in [0.1, 0.15) is 0 Å². The van der Waals surface area contributed by atoms with Gasteiger partial charge in [-0.1, -0.05) is 27.5 Å². The summed E-state index contributed by atoms with van der Waals surface area (Å²) >= 11 is 9.18. The molecule has 98 valence electrons. The highest BCUT2D eigenvalue weighted by atomic mass is 79.9. The minimum atomic E-state index is 0.239. The van der Waals surface area contributed by atoms with Crippen molar-refractivity contribution in [2.45, 2.75) is 6.42 Å². The van der Waals surface area contributed by atoms with Gasteiger partial charge in [0.05, 0.1) is 0 Å². The lowest BCUT2D eigenvalue weighted by Gasteiger charge is -2.36. The Balaban J connectivity index is 1.90. The van der Waals surface area contributed by atoms with Gasteiger partial charge in [0.25, 0.3) is 0 Å². The standard InChI is InChI=1S/C13H16BrClN2O/c14-6-5-13(18)17-9-7-16(8-10-17)12-3-1-11(15)2-4-12/h1-4H,5-10H2. The predicted molar refractivity (Wildman–Crippen MR) is 78.7 cm³/mol. The van der Waals surface area contributed by atoms with Crippen LogP contribution in [0.5, 0.6) is 0 Å². The normalized spacial score (nSPS) is 15.9. The Labute approximate surface area is 121 Å². The lowest BCUT2D eigenvalue weighted by atomic mass is 10.2. The SMILES string of the molecule is O=C(CCBr)N1CCN(c2ccc(Cl)cc2)CC1. The van der Waals surface area contributed by atoms with E-state index in [1.807, 2.05) is 29.2 Å². The number of carbonyl (C=O) groups is 1. The first kappa shape index (κ1) is 13.7. The van der Waals surface area contributed by atoms with Crippen molar-refractivity contribution in [3.05, 3.63) is 29.3 Å². The second-order valence-electron chi connectivity index (χ2n) is 4.28. The molecule has 0 radical (unpaired) electrons. The lowest BCUT2D eigenvalue weighted by molar-refractivity contribution is -0.131. The molecule has 1 aromatic carbocycles. The van der Waals surface area contributed by atoms with Gasteiger partial charge in [-0.05, 0) is 24.3 Å². The maximum atomic E-state index is 11.7. The quantitative estimate of drug-likeness (QED) is 0.795. The predicted octanol–water partition coefficient (Wildman–Crippen LogP) is 2.77. The van der Waals surface area contributed by atoms with Crippen LogP contribution in [0.15, 0.2) is 24.3 Å². The Morgan fingerprint density at radius 2 is 1.78 bits per heavy atom. The van der Waals surface area contributed by atoms with Crippen molar-refractivity contribution in [2.24, 2.45) is 0 Å². The molecule has 5 heteroatoms. The first-order valence-corrected chi connectivity index (χ1v) is 7.55. The van der Waals surface area contributed by atoms with Gasteiger partial charge >= 0.3 is 0 Å². The zero-order valence-corrected chi connectivity index (χ0v) is 12.5. The fourth-order valence-corrected chi connectivity index (χ4v) is 2.57. The Kier molecular flexibility index (Phi) is 4.89. The summed E-state index contributed by atoms with van der Waals surface area (Å²) in [6.45, 7) is 3.37. The first-order valence-electron chi connectivity index (χ1n) is 6.05. The van der Waals surface area contributed by atoms with Crippen LogP contribution in [0.1, 0.15) is 6.42 Å². The van der Waals surface area contributed by atoms with Gasteiger partial charge < -0.3 is 9.80 Å². The summed E-state index contributed by atoms with van der Waals surface area (Å²) in [5, 5.41) is 1.49. The van der Waals surface area contributed by atoms with Crippen molar-refractivity contribution in [1.29, 1.82) is 0 Å². The molecular formula is C13H16BrClN2O. The molecule has 0 bridgehead atoms. The molecule has 1 aromatic rings. The third kappa shape index (κ3) is 3.39. The second kappa shape index (κ2) is 6.43. The van der Waals surface area contributed by atoms with Gasteiger partial charge in [-0.15, -0.1) is 0 Å². The highest BCUT2D eigenvalue weighted by Gasteiger charge is 2.20. The van der Waals surface area contributed by atoms with Gasteiger partial charge in [-0.3, -0.25) is 4.79 Å². The van der Waals surface area contributed by atoms with Crippen molar-refractivity contribution in [3.63, 3.8) is 0 Å². The molecule has 0 N–H and O–H groups in total. The number of amides is 1. The number of anilines is 1. The third-order valence-corrected chi connectivity index (χ3v) is 3.78. The summed E-state index contributed by atoms with van der Waals surface area (Å²) in [7, 11) is 0. The fourth-order valence-electron chi connectivity index (χ4n) is 2.10. The number of alkyl halides is 1. The molecular weight excluding hydrogens is 316 g/mol. The summed E-state index contributed by atoms with van der Waals surface area (Å²) in [4.78, 5) is 16.0. The van der Waals surface area contributed by atoms with Crippen LogP contribution in [0.2, 0.25) is 5.02 Å². The van der Waals surface area contributed by atoms with Crippen LogP contribution in [0.4, 0.5) is 5.69 Å². The second-order valence-corrected chi connectivity index (χ2v) is 5.51. The largest absolute Gasteiger partial charge is 0.368 e. The summed E-state index contributed by atoms with van der Waals surface area (Å²) in [6.07, 6.45) is 0.584. The average molecular weight is 332 g/mol. The zero-order chi connectivity index (χ0) is 13.0. The molecule has 1 heterocycles. The molecule has 0 aromatic heterocycles. The molecule has 0 saturated carbocycles. The van der Waals surface area contributed by atoms with Crippen molar-refractivity contribution in [3.8, 4) is 0 Å². The minimum absolute atomic E-state index is 0.239. The number of benzene rings is 1. The summed E-state index contributed by atoms with van der Waals surface area (Å²) in [6, 6.07) is 7.86. The molecule has 0 unspecified atom stereocenters. The Morgan fingerprint density at radius 3 is 2.33 bits per heavy atom. The number of hydrogen-bond acceptors (Lipinski definition) is 2. The minimum Gasteiger partial charge on any atom is -0.368 e. The van der Waals surface area contributed by atoms with E-state index >= 15 is 0 Å². The molecule has 3 nitrogen and oxygen atoms in total. The summed E-state index contributed by atoms with van der Waals surface area (Å²) in [5.74, 6) is 0.239. The molecule has 1 amide bonds. The number of piperazine rings is 1. The van der Waals surface area contributed by atoms with Crippen molar-refractivity contribution >= 4 is 39.1 Å². The van der Waals surface area contributed by atoms with Gasteiger partial charge in [0.2, 0.25) is 5.91 Å². The average Bonchev–Trinajstić information content (AvgIpc) is 2.40. The van der Waals surface area contributed by atoms with Gasteiger partial charge in [0, 0.05) is 48.6 Å². The van der Waals surface area contributed by atoms with Crippen LogP contribution in [0, 0.1) is 0 Å². The van der Waals surface area contributed by atoms with E-state index in [0.29, 0.717) is 6.42 Å². The van der Waals surface area contributed by atoms with E-state index in [1.54, 1.807) is 0 Å². The van der Waals surface area contributed by atoms with Crippen molar-refractivity contribution < 1.29 is 4.79 Å². The van der Waals surface area contributed by atoms with E-state index in [-0.39, 0.29) is 5.91 Å². The van der Waals surface area contributed by atoms with E-state index in [0.717, 1.165) is 36.5 Å². The number of hydrogen-bond donors (Lipinski definition) is 0. The number of carbonyl (C=O) groups excluding carboxylic acids is 1. The van der Waals surface area contributed by atoms with E-state index in [4.69, 9.17) is 11.6 Å². The molecule has 0 spiro atoms. The van der Waals surface area contributed by atoms with E-state index in [2.05, 4.69) is 20.8 Å². The Bertz CT molecular complexity index is 402.